The molecule has 3 aromatic carbocycles. The van der Waals surface area contributed by atoms with Crippen LogP contribution in [0.15, 0.2) is 59.7 Å². The Balaban J connectivity index is 1.82. The first-order valence-corrected chi connectivity index (χ1v) is 8.40. The topological polar surface area (TPSA) is 91.2 Å². The van der Waals surface area contributed by atoms with E-state index in [1.165, 1.54) is 19.2 Å². The van der Waals surface area contributed by atoms with E-state index in [0.717, 1.165) is 16.3 Å². The maximum absolute atomic E-state index is 12.4. The van der Waals surface area contributed by atoms with Crippen molar-refractivity contribution in [3.8, 4) is 5.75 Å². The standard InChI is InChI=1S/C21H20N2O4/c1-27-20-10-16(9-17(12-24)19(20)13-25)21(26)23-22-11-15-7-4-6-14-5-2-3-8-18(14)15/h2-11,24-25H,12-13H2,1H3,(H,23,26)/b22-11+. The SMILES string of the molecule is COc1cc(C(=O)N/N=C/c2cccc3ccccc23)cc(CO)c1CO. The lowest BCUT2D eigenvalue weighted by Crippen LogP contribution is -2.18. The number of methoxy groups -OCH3 is 1. The van der Waals surface area contributed by atoms with Crippen LogP contribution in [-0.2, 0) is 13.2 Å². The molecule has 27 heavy (non-hydrogen) atoms. The lowest BCUT2D eigenvalue weighted by molar-refractivity contribution is 0.0954. The zero-order valence-electron chi connectivity index (χ0n) is 14.8. The fourth-order valence-electron chi connectivity index (χ4n) is 2.92. The molecular weight excluding hydrogens is 344 g/mol. The molecule has 1 amide bonds. The van der Waals surface area contributed by atoms with Gasteiger partial charge in [-0.2, -0.15) is 5.10 Å². The average Bonchev–Trinajstić information content (AvgIpc) is 2.72. The largest absolute Gasteiger partial charge is 0.496 e. The summed E-state index contributed by atoms with van der Waals surface area (Å²) in [4.78, 5) is 12.4. The maximum Gasteiger partial charge on any atom is 0.271 e. The molecule has 0 aromatic heterocycles. The fraction of sp³-hybridized carbons (Fsp3) is 0.143. The summed E-state index contributed by atoms with van der Waals surface area (Å²) >= 11 is 0. The number of aliphatic hydroxyl groups is 2. The molecule has 0 heterocycles. The predicted molar refractivity (Wildman–Crippen MR) is 104 cm³/mol. The minimum absolute atomic E-state index is 0.281. The summed E-state index contributed by atoms with van der Waals surface area (Å²) in [5.41, 5.74) is 4.54. The Labute approximate surface area is 156 Å². The van der Waals surface area contributed by atoms with E-state index in [0.29, 0.717) is 16.9 Å². The molecule has 0 unspecified atom stereocenters. The van der Waals surface area contributed by atoms with Crippen LogP contribution >= 0.6 is 0 Å². The number of hydrogen-bond donors (Lipinski definition) is 3. The summed E-state index contributed by atoms with van der Waals surface area (Å²) in [6, 6.07) is 16.8. The van der Waals surface area contributed by atoms with Gasteiger partial charge in [-0.05, 0) is 28.5 Å². The van der Waals surface area contributed by atoms with Crippen LogP contribution in [0.4, 0.5) is 0 Å². The van der Waals surface area contributed by atoms with Crippen molar-refractivity contribution in [2.75, 3.05) is 7.11 Å². The number of carbonyl (C=O) groups excluding carboxylic acids is 1. The summed E-state index contributed by atoms with van der Waals surface area (Å²) in [6.45, 7) is -0.604. The van der Waals surface area contributed by atoms with Crippen molar-refractivity contribution in [2.45, 2.75) is 13.2 Å². The molecule has 0 fully saturated rings. The van der Waals surface area contributed by atoms with Gasteiger partial charge in [-0.1, -0.05) is 42.5 Å². The molecule has 0 atom stereocenters. The van der Waals surface area contributed by atoms with Gasteiger partial charge in [-0.25, -0.2) is 5.43 Å². The number of fused-ring (bicyclic) bond motifs is 1. The number of hydrogen-bond acceptors (Lipinski definition) is 5. The highest BCUT2D eigenvalue weighted by atomic mass is 16.5. The summed E-state index contributed by atoms with van der Waals surface area (Å²) in [7, 11) is 1.44. The zero-order chi connectivity index (χ0) is 19.2. The lowest BCUT2D eigenvalue weighted by atomic mass is 10.0. The number of hydrazone groups is 1. The smallest absolute Gasteiger partial charge is 0.271 e. The van der Waals surface area contributed by atoms with E-state index in [4.69, 9.17) is 4.74 Å². The van der Waals surface area contributed by atoms with Crippen molar-refractivity contribution in [2.24, 2.45) is 5.10 Å². The van der Waals surface area contributed by atoms with Gasteiger partial charge in [0.2, 0.25) is 0 Å². The normalized spacial score (nSPS) is 11.1. The molecule has 3 aromatic rings. The van der Waals surface area contributed by atoms with Gasteiger partial charge in [0, 0.05) is 16.7 Å². The first-order chi connectivity index (χ1) is 13.2. The van der Waals surface area contributed by atoms with Gasteiger partial charge in [0.1, 0.15) is 5.75 Å². The molecule has 0 saturated carbocycles. The molecule has 0 aliphatic carbocycles. The Morgan fingerprint density at radius 1 is 1.11 bits per heavy atom. The van der Waals surface area contributed by atoms with Gasteiger partial charge in [0.05, 0.1) is 26.5 Å². The number of amides is 1. The Morgan fingerprint density at radius 3 is 2.63 bits per heavy atom. The Hall–Kier alpha value is -3.22. The van der Waals surface area contributed by atoms with Crippen LogP contribution in [0.25, 0.3) is 10.8 Å². The molecule has 6 nitrogen and oxygen atoms in total. The highest BCUT2D eigenvalue weighted by Gasteiger charge is 2.14. The molecule has 6 heteroatoms. The second kappa shape index (κ2) is 8.44. The lowest BCUT2D eigenvalue weighted by Gasteiger charge is -2.12. The maximum atomic E-state index is 12.4. The van der Waals surface area contributed by atoms with Gasteiger partial charge < -0.3 is 14.9 Å². The zero-order valence-corrected chi connectivity index (χ0v) is 14.8. The minimum Gasteiger partial charge on any atom is -0.496 e. The number of carbonyl (C=O) groups is 1. The fourth-order valence-corrected chi connectivity index (χ4v) is 2.92. The predicted octanol–water partition coefficient (Wildman–Crippen LogP) is 2.60. The van der Waals surface area contributed by atoms with Crippen LogP contribution in [-0.4, -0.2) is 29.4 Å². The molecular formula is C21H20N2O4. The van der Waals surface area contributed by atoms with Crippen LogP contribution in [0.5, 0.6) is 5.75 Å². The van der Waals surface area contributed by atoms with Crippen LogP contribution in [0.1, 0.15) is 27.0 Å². The Morgan fingerprint density at radius 2 is 1.89 bits per heavy atom. The monoisotopic (exact) mass is 364 g/mol. The van der Waals surface area contributed by atoms with Crippen molar-refractivity contribution < 1.29 is 19.7 Å². The van der Waals surface area contributed by atoms with Crippen molar-refractivity contribution in [1.29, 1.82) is 0 Å². The van der Waals surface area contributed by atoms with Crippen LogP contribution in [0, 0.1) is 0 Å². The number of ether oxygens (including phenoxy) is 1. The summed E-state index contributed by atoms with van der Waals surface area (Å²) in [6.07, 6.45) is 1.59. The van der Waals surface area contributed by atoms with Crippen LogP contribution < -0.4 is 10.2 Å². The van der Waals surface area contributed by atoms with Gasteiger partial charge in [0.15, 0.2) is 0 Å². The average molecular weight is 364 g/mol. The molecule has 0 saturated heterocycles. The van der Waals surface area contributed by atoms with Crippen molar-refractivity contribution >= 4 is 22.9 Å². The molecule has 0 bridgehead atoms. The van der Waals surface area contributed by atoms with E-state index in [2.05, 4.69) is 10.5 Å². The molecule has 3 N–H and O–H groups in total. The molecule has 0 spiro atoms. The van der Waals surface area contributed by atoms with Gasteiger partial charge in [0.25, 0.3) is 5.91 Å². The summed E-state index contributed by atoms with van der Waals surface area (Å²) < 4.78 is 5.20. The first kappa shape index (κ1) is 18.6. The van der Waals surface area contributed by atoms with Gasteiger partial charge in [-0.15, -0.1) is 0 Å². The third-order valence-corrected chi connectivity index (χ3v) is 4.31. The molecule has 0 aliphatic rings. The second-order valence-electron chi connectivity index (χ2n) is 5.90. The summed E-state index contributed by atoms with van der Waals surface area (Å²) in [5.74, 6) is -0.101. The molecule has 138 valence electrons. The van der Waals surface area contributed by atoms with E-state index in [9.17, 15) is 15.0 Å². The van der Waals surface area contributed by atoms with Crippen LogP contribution in [0.2, 0.25) is 0 Å². The Kier molecular flexibility index (Phi) is 5.80. The molecule has 0 aliphatic heterocycles. The van der Waals surface area contributed by atoms with Crippen molar-refractivity contribution in [1.82, 2.24) is 5.43 Å². The Bertz CT molecular complexity index is 968. The van der Waals surface area contributed by atoms with Crippen molar-refractivity contribution in [3.05, 3.63) is 76.9 Å². The number of rotatable bonds is 6. The quantitative estimate of drug-likeness (QED) is 0.463. The second-order valence-corrected chi connectivity index (χ2v) is 5.90. The third kappa shape index (κ3) is 3.97. The minimum atomic E-state index is -0.441. The third-order valence-electron chi connectivity index (χ3n) is 4.31. The van der Waals surface area contributed by atoms with E-state index in [1.54, 1.807) is 6.21 Å². The highest BCUT2D eigenvalue weighted by molar-refractivity contribution is 6.00. The number of aliphatic hydroxyl groups excluding tert-OH is 2. The van der Waals surface area contributed by atoms with E-state index < -0.39 is 5.91 Å². The summed E-state index contributed by atoms with van der Waals surface area (Å²) in [5, 5.41) is 25.1. The molecule has 3 rings (SSSR count). The van der Waals surface area contributed by atoms with E-state index in [-0.39, 0.29) is 18.8 Å². The van der Waals surface area contributed by atoms with Crippen LogP contribution in [0.3, 0.4) is 0 Å². The first-order valence-electron chi connectivity index (χ1n) is 8.40. The number of nitrogens with zero attached hydrogens (tertiary/aromatic N) is 1. The van der Waals surface area contributed by atoms with Gasteiger partial charge in [-0.3, -0.25) is 4.79 Å². The highest BCUT2D eigenvalue weighted by Crippen LogP contribution is 2.25. The number of nitrogens with one attached hydrogen (secondary N) is 1. The molecule has 0 radical (unpaired) electrons. The van der Waals surface area contributed by atoms with Gasteiger partial charge >= 0.3 is 0 Å². The number of benzene rings is 3. The van der Waals surface area contributed by atoms with E-state index >= 15 is 0 Å². The van der Waals surface area contributed by atoms with Crippen molar-refractivity contribution in [3.63, 3.8) is 0 Å². The van der Waals surface area contributed by atoms with E-state index in [1.807, 2.05) is 42.5 Å².